The predicted octanol–water partition coefficient (Wildman–Crippen LogP) is 3.09. The lowest BCUT2D eigenvalue weighted by molar-refractivity contribution is -0.136. The largest absolute Gasteiger partial charge is 0.389 e. The highest BCUT2D eigenvalue weighted by Crippen LogP contribution is 2.26. The van der Waals surface area contributed by atoms with E-state index in [2.05, 4.69) is 0 Å². The van der Waals surface area contributed by atoms with Crippen molar-refractivity contribution in [3.63, 3.8) is 0 Å². The molecule has 0 rings (SSSR count). The number of hydrogen-bond donors (Lipinski definition) is 1. The Bertz CT molecular complexity index is 146. The molecule has 4 heteroatoms. The number of nitrogens with two attached hydrogens (primary N) is 1. The van der Waals surface area contributed by atoms with Gasteiger partial charge in [-0.05, 0) is 18.3 Å². The van der Waals surface area contributed by atoms with Crippen LogP contribution in [0.5, 0.6) is 0 Å². The van der Waals surface area contributed by atoms with Crippen LogP contribution in [0.2, 0.25) is 0 Å². The van der Waals surface area contributed by atoms with E-state index >= 15 is 0 Å². The first-order chi connectivity index (χ1) is 5.63. The van der Waals surface area contributed by atoms with E-state index in [0.717, 1.165) is 0 Å². The van der Waals surface area contributed by atoms with Crippen molar-refractivity contribution in [3.8, 4) is 0 Å². The predicted molar refractivity (Wildman–Crippen MR) is 47.3 cm³/mol. The van der Waals surface area contributed by atoms with Crippen molar-refractivity contribution >= 4 is 0 Å². The van der Waals surface area contributed by atoms with E-state index in [9.17, 15) is 13.2 Å². The van der Waals surface area contributed by atoms with E-state index in [1.54, 1.807) is 0 Å². The topological polar surface area (TPSA) is 26.0 Å². The summed E-state index contributed by atoms with van der Waals surface area (Å²) in [7, 11) is 0. The number of rotatable bonds is 3. The second kappa shape index (κ2) is 4.31. The molecule has 0 saturated heterocycles. The first kappa shape index (κ1) is 12.8. The maximum atomic E-state index is 11.8. The van der Waals surface area contributed by atoms with Crippen molar-refractivity contribution in [1.82, 2.24) is 0 Å². The van der Waals surface area contributed by atoms with Gasteiger partial charge < -0.3 is 5.73 Å². The summed E-state index contributed by atoms with van der Waals surface area (Å²) in [5, 5.41) is 0. The van der Waals surface area contributed by atoms with Crippen molar-refractivity contribution in [3.05, 3.63) is 0 Å². The molecule has 80 valence electrons. The van der Waals surface area contributed by atoms with Crippen LogP contribution in [0, 0.1) is 5.41 Å². The van der Waals surface area contributed by atoms with Crippen LogP contribution >= 0.6 is 0 Å². The first-order valence-electron chi connectivity index (χ1n) is 4.45. The minimum atomic E-state index is -4.04. The zero-order chi connectivity index (χ0) is 10.7. The van der Waals surface area contributed by atoms with Gasteiger partial charge in [0.2, 0.25) is 0 Å². The average molecular weight is 197 g/mol. The molecule has 0 heterocycles. The fraction of sp³-hybridized carbons (Fsp3) is 1.00. The number of halogens is 3. The highest BCUT2D eigenvalue weighted by Gasteiger charge is 2.28. The molecule has 2 N–H and O–H groups in total. The van der Waals surface area contributed by atoms with Gasteiger partial charge in [-0.1, -0.05) is 20.8 Å². The first-order valence-corrected chi connectivity index (χ1v) is 4.45. The fourth-order valence-corrected chi connectivity index (χ4v) is 0.955. The molecule has 0 radical (unpaired) electrons. The molecule has 0 fully saturated rings. The molecule has 0 aliphatic heterocycles. The number of hydrogen-bond acceptors (Lipinski definition) is 1. The molecular formula is C9H18F3N. The van der Waals surface area contributed by atoms with Crippen LogP contribution in [0.15, 0.2) is 0 Å². The molecule has 0 spiro atoms. The highest BCUT2D eigenvalue weighted by molar-refractivity contribution is 4.76. The molecule has 0 aromatic heterocycles. The van der Waals surface area contributed by atoms with Crippen LogP contribution in [0.3, 0.4) is 0 Å². The Morgan fingerprint density at radius 3 is 1.92 bits per heavy atom. The Kier molecular flexibility index (Phi) is 4.23. The van der Waals surface area contributed by atoms with E-state index in [4.69, 9.17) is 5.73 Å². The zero-order valence-corrected chi connectivity index (χ0v) is 8.41. The van der Waals surface area contributed by atoms with Gasteiger partial charge in [0.15, 0.2) is 0 Å². The van der Waals surface area contributed by atoms with Crippen LogP contribution in [0.25, 0.3) is 0 Å². The fourth-order valence-electron chi connectivity index (χ4n) is 0.955. The third kappa shape index (κ3) is 6.87. The minimum absolute atomic E-state index is 0.106. The second-order valence-corrected chi connectivity index (χ2v) is 4.48. The normalized spacial score (nSPS) is 15.9. The van der Waals surface area contributed by atoms with Crippen molar-refractivity contribution in [1.29, 1.82) is 0 Å². The molecule has 0 bridgehead atoms. The third-order valence-corrected chi connectivity index (χ3v) is 2.09. The van der Waals surface area contributed by atoms with Gasteiger partial charge in [0.1, 0.15) is 0 Å². The van der Waals surface area contributed by atoms with Crippen LogP contribution in [-0.4, -0.2) is 12.2 Å². The minimum Gasteiger partial charge on any atom is -0.327 e. The SMILES string of the molecule is CC(C)(C)C(N)CCCC(F)(F)F. The maximum absolute atomic E-state index is 11.8. The van der Waals surface area contributed by atoms with Crippen LogP contribution in [-0.2, 0) is 0 Å². The van der Waals surface area contributed by atoms with Crippen molar-refractivity contribution in [2.45, 2.75) is 52.3 Å². The van der Waals surface area contributed by atoms with Gasteiger partial charge in [-0.15, -0.1) is 0 Å². The number of alkyl halides is 3. The summed E-state index contributed by atoms with van der Waals surface area (Å²) in [4.78, 5) is 0. The smallest absolute Gasteiger partial charge is 0.327 e. The van der Waals surface area contributed by atoms with Gasteiger partial charge in [0, 0.05) is 12.5 Å². The quantitative estimate of drug-likeness (QED) is 0.739. The summed E-state index contributed by atoms with van der Waals surface area (Å²) in [6, 6.07) is -0.158. The van der Waals surface area contributed by atoms with Crippen molar-refractivity contribution in [2.24, 2.45) is 11.1 Å². The van der Waals surface area contributed by atoms with Gasteiger partial charge in [0.25, 0.3) is 0 Å². The maximum Gasteiger partial charge on any atom is 0.389 e. The summed E-state index contributed by atoms with van der Waals surface area (Å²) in [6.07, 6.45) is -4.21. The molecule has 0 aromatic rings. The van der Waals surface area contributed by atoms with E-state index in [1.807, 2.05) is 20.8 Å². The average Bonchev–Trinajstić information content (AvgIpc) is 1.82. The lowest BCUT2D eigenvalue weighted by Crippen LogP contribution is -2.35. The molecule has 1 unspecified atom stereocenters. The summed E-state index contributed by atoms with van der Waals surface area (Å²) in [6.45, 7) is 5.81. The highest BCUT2D eigenvalue weighted by atomic mass is 19.4. The molecule has 0 aliphatic carbocycles. The summed E-state index contributed by atoms with van der Waals surface area (Å²) >= 11 is 0. The molecule has 0 saturated carbocycles. The van der Waals surface area contributed by atoms with Gasteiger partial charge in [0.05, 0.1) is 0 Å². The van der Waals surface area contributed by atoms with Crippen LogP contribution in [0.4, 0.5) is 13.2 Å². The van der Waals surface area contributed by atoms with Gasteiger partial charge in [-0.3, -0.25) is 0 Å². The Balaban J connectivity index is 3.67. The van der Waals surface area contributed by atoms with Crippen LogP contribution < -0.4 is 5.73 Å². The molecule has 0 amide bonds. The molecule has 0 aliphatic rings. The third-order valence-electron chi connectivity index (χ3n) is 2.09. The summed E-state index contributed by atoms with van der Waals surface area (Å²) < 4.78 is 35.3. The Hall–Kier alpha value is -0.250. The second-order valence-electron chi connectivity index (χ2n) is 4.48. The molecule has 0 aromatic carbocycles. The zero-order valence-electron chi connectivity index (χ0n) is 8.41. The van der Waals surface area contributed by atoms with Gasteiger partial charge >= 0.3 is 6.18 Å². The standard InChI is InChI=1S/C9H18F3N/c1-8(2,3)7(13)5-4-6-9(10,11)12/h7H,4-6,13H2,1-3H3. The van der Waals surface area contributed by atoms with Crippen molar-refractivity contribution < 1.29 is 13.2 Å². The van der Waals surface area contributed by atoms with Gasteiger partial charge in [-0.25, -0.2) is 0 Å². The van der Waals surface area contributed by atoms with E-state index < -0.39 is 12.6 Å². The summed E-state index contributed by atoms with van der Waals surface area (Å²) in [5.41, 5.74) is 5.61. The van der Waals surface area contributed by atoms with Crippen molar-refractivity contribution in [2.75, 3.05) is 0 Å². The molecule has 1 nitrogen and oxygen atoms in total. The van der Waals surface area contributed by atoms with Crippen LogP contribution in [0.1, 0.15) is 40.0 Å². The lowest BCUT2D eigenvalue weighted by atomic mass is 9.84. The van der Waals surface area contributed by atoms with E-state index in [1.165, 1.54) is 0 Å². The molecular weight excluding hydrogens is 179 g/mol. The monoisotopic (exact) mass is 197 g/mol. The molecule has 1 atom stereocenters. The molecule has 13 heavy (non-hydrogen) atoms. The van der Waals surface area contributed by atoms with Gasteiger partial charge in [-0.2, -0.15) is 13.2 Å². The Labute approximate surface area is 77.5 Å². The lowest BCUT2D eigenvalue weighted by Gasteiger charge is -2.27. The van der Waals surface area contributed by atoms with E-state index in [-0.39, 0.29) is 17.9 Å². The Morgan fingerprint density at radius 1 is 1.15 bits per heavy atom. The summed E-state index contributed by atoms with van der Waals surface area (Å²) in [5.74, 6) is 0. The van der Waals surface area contributed by atoms with E-state index in [0.29, 0.717) is 6.42 Å². The Morgan fingerprint density at radius 2 is 1.62 bits per heavy atom.